The van der Waals surface area contributed by atoms with E-state index >= 15 is 0 Å². The summed E-state index contributed by atoms with van der Waals surface area (Å²) in [5.74, 6) is -0.958. The van der Waals surface area contributed by atoms with E-state index in [1.54, 1.807) is 6.92 Å². The lowest BCUT2D eigenvalue weighted by molar-refractivity contribution is -0.141. The molecule has 0 aliphatic heterocycles. The van der Waals surface area contributed by atoms with Crippen LogP contribution in [-0.4, -0.2) is 37.5 Å². The average molecular weight is 292 g/mol. The minimum atomic E-state index is -0.393. The number of rotatable bonds is 7. The molecule has 1 atom stereocenters. The SMILES string of the molecule is COC(=O)CC(C)NC(=O)CNC(=O)Cc1ccccc1. The van der Waals surface area contributed by atoms with Crippen LogP contribution in [0.1, 0.15) is 18.9 Å². The zero-order chi connectivity index (χ0) is 15.7. The molecule has 2 amide bonds. The highest BCUT2D eigenvalue weighted by Gasteiger charge is 2.12. The first-order chi connectivity index (χ1) is 10.0. The minimum absolute atomic E-state index is 0.0974. The molecule has 0 spiro atoms. The summed E-state index contributed by atoms with van der Waals surface area (Å²) in [6.45, 7) is 1.58. The van der Waals surface area contributed by atoms with Crippen molar-refractivity contribution in [2.75, 3.05) is 13.7 Å². The number of ether oxygens (including phenoxy) is 1. The van der Waals surface area contributed by atoms with Crippen LogP contribution in [0.4, 0.5) is 0 Å². The Morgan fingerprint density at radius 1 is 1.14 bits per heavy atom. The van der Waals surface area contributed by atoms with Gasteiger partial charge in [-0.2, -0.15) is 0 Å². The van der Waals surface area contributed by atoms with Gasteiger partial charge in [0.15, 0.2) is 0 Å². The number of methoxy groups -OCH3 is 1. The van der Waals surface area contributed by atoms with Gasteiger partial charge in [-0.05, 0) is 12.5 Å². The van der Waals surface area contributed by atoms with Crippen LogP contribution < -0.4 is 10.6 Å². The fraction of sp³-hybridized carbons (Fsp3) is 0.400. The van der Waals surface area contributed by atoms with E-state index in [1.165, 1.54) is 7.11 Å². The van der Waals surface area contributed by atoms with Crippen molar-refractivity contribution in [2.24, 2.45) is 0 Å². The Balaban J connectivity index is 2.26. The molecule has 1 unspecified atom stereocenters. The molecule has 6 heteroatoms. The van der Waals surface area contributed by atoms with Gasteiger partial charge in [0.1, 0.15) is 0 Å². The van der Waals surface area contributed by atoms with Crippen LogP contribution in [-0.2, 0) is 25.5 Å². The summed E-state index contributed by atoms with van der Waals surface area (Å²) in [6, 6.07) is 8.93. The number of carbonyl (C=O) groups is 3. The molecule has 1 rings (SSSR count). The molecule has 0 aliphatic rings. The molecule has 2 N–H and O–H groups in total. The van der Waals surface area contributed by atoms with Crippen LogP contribution in [0.15, 0.2) is 30.3 Å². The maximum Gasteiger partial charge on any atom is 0.307 e. The van der Waals surface area contributed by atoms with Crippen molar-refractivity contribution in [1.29, 1.82) is 0 Å². The van der Waals surface area contributed by atoms with E-state index in [4.69, 9.17) is 0 Å². The van der Waals surface area contributed by atoms with E-state index in [0.29, 0.717) is 0 Å². The van der Waals surface area contributed by atoms with E-state index in [2.05, 4.69) is 15.4 Å². The molecule has 0 bridgehead atoms. The van der Waals surface area contributed by atoms with E-state index in [0.717, 1.165) is 5.56 Å². The number of esters is 1. The number of carbonyl (C=O) groups excluding carboxylic acids is 3. The predicted octanol–water partition coefficient (Wildman–Crippen LogP) is 0.413. The number of amides is 2. The molecule has 0 heterocycles. The smallest absolute Gasteiger partial charge is 0.307 e. The van der Waals surface area contributed by atoms with Crippen LogP contribution in [0.3, 0.4) is 0 Å². The van der Waals surface area contributed by atoms with Crippen molar-refractivity contribution in [3.63, 3.8) is 0 Å². The van der Waals surface area contributed by atoms with Gasteiger partial charge in [-0.25, -0.2) is 0 Å². The Bertz CT molecular complexity index is 488. The second-order valence-electron chi connectivity index (χ2n) is 4.69. The molecule has 114 valence electrons. The zero-order valence-electron chi connectivity index (χ0n) is 12.2. The third-order valence-corrected chi connectivity index (χ3v) is 2.76. The summed E-state index contributed by atoms with van der Waals surface area (Å²) in [7, 11) is 1.29. The van der Waals surface area contributed by atoms with Crippen LogP contribution in [0.2, 0.25) is 0 Å². The first kappa shape index (κ1) is 16.7. The molecule has 0 radical (unpaired) electrons. The highest BCUT2D eigenvalue weighted by molar-refractivity contribution is 5.86. The van der Waals surface area contributed by atoms with Crippen molar-refractivity contribution in [2.45, 2.75) is 25.8 Å². The third kappa shape index (κ3) is 7.10. The second kappa shape index (κ2) is 8.73. The van der Waals surface area contributed by atoms with Gasteiger partial charge < -0.3 is 15.4 Å². The fourth-order valence-corrected chi connectivity index (χ4v) is 1.73. The largest absolute Gasteiger partial charge is 0.469 e. The summed E-state index contributed by atoms with van der Waals surface area (Å²) in [5.41, 5.74) is 0.884. The lowest BCUT2D eigenvalue weighted by Crippen LogP contribution is -2.42. The highest BCUT2D eigenvalue weighted by Crippen LogP contribution is 1.99. The number of hydrogen-bond acceptors (Lipinski definition) is 4. The first-order valence-electron chi connectivity index (χ1n) is 6.68. The van der Waals surface area contributed by atoms with Gasteiger partial charge in [-0.3, -0.25) is 14.4 Å². The van der Waals surface area contributed by atoms with Crippen molar-refractivity contribution >= 4 is 17.8 Å². The van der Waals surface area contributed by atoms with Crippen molar-refractivity contribution in [1.82, 2.24) is 10.6 Å². The topological polar surface area (TPSA) is 84.5 Å². The number of hydrogen-bond donors (Lipinski definition) is 2. The molecule has 0 saturated carbocycles. The molecule has 6 nitrogen and oxygen atoms in total. The quantitative estimate of drug-likeness (QED) is 0.713. The number of benzene rings is 1. The Kier molecular flexibility index (Phi) is 6.94. The third-order valence-electron chi connectivity index (χ3n) is 2.76. The van der Waals surface area contributed by atoms with Gasteiger partial charge in [0.2, 0.25) is 11.8 Å². The lowest BCUT2D eigenvalue weighted by Gasteiger charge is -2.13. The van der Waals surface area contributed by atoms with Crippen molar-refractivity contribution < 1.29 is 19.1 Å². The Morgan fingerprint density at radius 2 is 1.81 bits per heavy atom. The maximum atomic E-state index is 11.7. The van der Waals surface area contributed by atoms with Crippen molar-refractivity contribution in [3.8, 4) is 0 Å². The van der Waals surface area contributed by atoms with E-state index in [1.807, 2.05) is 30.3 Å². The Hall–Kier alpha value is -2.37. The van der Waals surface area contributed by atoms with Gasteiger partial charge in [-0.1, -0.05) is 30.3 Å². The van der Waals surface area contributed by atoms with Gasteiger partial charge in [0.05, 0.1) is 26.5 Å². The highest BCUT2D eigenvalue weighted by atomic mass is 16.5. The zero-order valence-corrected chi connectivity index (χ0v) is 12.2. The summed E-state index contributed by atoms with van der Waals surface area (Å²) in [6.07, 6.45) is 0.325. The van der Waals surface area contributed by atoms with Gasteiger partial charge in [0.25, 0.3) is 0 Å². The molecule has 1 aromatic rings. The summed E-state index contributed by atoms with van der Waals surface area (Å²) < 4.78 is 4.51. The molecule has 0 fully saturated rings. The van der Waals surface area contributed by atoms with Crippen LogP contribution in [0, 0.1) is 0 Å². The predicted molar refractivity (Wildman–Crippen MR) is 77.4 cm³/mol. The molecular weight excluding hydrogens is 272 g/mol. The maximum absolute atomic E-state index is 11.7. The van der Waals surface area contributed by atoms with E-state index in [-0.39, 0.29) is 37.2 Å². The molecule has 0 aromatic heterocycles. The Morgan fingerprint density at radius 3 is 2.43 bits per heavy atom. The second-order valence-corrected chi connectivity index (χ2v) is 4.69. The summed E-state index contributed by atoms with van der Waals surface area (Å²) in [4.78, 5) is 34.3. The summed E-state index contributed by atoms with van der Waals surface area (Å²) in [5, 5.41) is 5.15. The summed E-state index contributed by atoms with van der Waals surface area (Å²) >= 11 is 0. The van der Waals surface area contributed by atoms with E-state index in [9.17, 15) is 14.4 Å². The molecule has 21 heavy (non-hydrogen) atoms. The Labute approximate surface area is 123 Å². The molecule has 0 saturated heterocycles. The van der Waals surface area contributed by atoms with Gasteiger partial charge in [0, 0.05) is 6.04 Å². The standard InChI is InChI=1S/C15H20N2O4/c1-11(8-15(20)21-2)17-14(19)10-16-13(18)9-12-6-4-3-5-7-12/h3-7,11H,8-10H2,1-2H3,(H,16,18)(H,17,19). The van der Waals surface area contributed by atoms with E-state index < -0.39 is 5.97 Å². The average Bonchev–Trinajstić information content (AvgIpc) is 2.46. The van der Waals surface area contributed by atoms with Crippen LogP contribution in [0.5, 0.6) is 0 Å². The van der Waals surface area contributed by atoms with Gasteiger partial charge >= 0.3 is 5.97 Å². The molecule has 0 aliphatic carbocycles. The monoisotopic (exact) mass is 292 g/mol. The number of nitrogens with one attached hydrogen (secondary N) is 2. The minimum Gasteiger partial charge on any atom is -0.469 e. The van der Waals surface area contributed by atoms with Crippen LogP contribution >= 0.6 is 0 Å². The van der Waals surface area contributed by atoms with Crippen LogP contribution in [0.25, 0.3) is 0 Å². The molecular formula is C15H20N2O4. The van der Waals surface area contributed by atoms with Gasteiger partial charge in [-0.15, -0.1) is 0 Å². The fourth-order valence-electron chi connectivity index (χ4n) is 1.73. The first-order valence-corrected chi connectivity index (χ1v) is 6.68. The normalized spacial score (nSPS) is 11.3. The lowest BCUT2D eigenvalue weighted by atomic mass is 10.1. The molecule has 1 aromatic carbocycles. The van der Waals surface area contributed by atoms with Crippen molar-refractivity contribution in [3.05, 3.63) is 35.9 Å².